The minimum absolute atomic E-state index is 0.458. The van der Waals surface area contributed by atoms with Crippen molar-refractivity contribution >= 4 is 10.0 Å². The van der Waals surface area contributed by atoms with Crippen molar-refractivity contribution in [3.05, 3.63) is 0 Å². The zero-order valence-electron chi connectivity index (χ0n) is 6.93. The summed E-state index contributed by atoms with van der Waals surface area (Å²) >= 11 is 0. The first-order valence-electron chi connectivity index (χ1n) is 3.30. The van der Waals surface area contributed by atoms with Gasteiger partial charge in [-0.3, -0.25) is 0 Å². The molecule has 0 aromatic heterocycles. The average molecular weight is 165 g/mol. The van der Waals surface area contributed by atoms with Gasteiger partial charge in [-0.2, -0.15) is 0 Å². The van der Waals surface area contributed by atoms with Crippen LogP contribution in [0.3, 0.4) is 0 Å². The molecule has 0 amide bonds. The van der Waals surface area contributed by atoms with Crippen LogP contribution in [0.25, 0.3) is 0 Å². The van der Waals surface area contributed by atoms with Crippen molar-refractivity contribution in [2.45, 2.75) is 32.4 Å². The highest BCUT2D eigenvalue weighted by Gasteiger charge is 2.27. The van der Waals surface area contributed by atoms with Crippen molar-refractivity contribution in [3.63, 3.8) is 0 Å². The standard InChI is InChI=1S/C6H15NO2S/c1-5-7-10(8,9)6(2,3)4/h7H,5H2,1-4H3. The molecule has 0 spiro atoms. The van der Waals surface area contributed by atoms with Crippen molar-refractivity contribution in [2.24, 2.45) is 0 Å². The lowest BCUT2D eigenvalue weighted by atomic mass is 10.3. The predicted molar refractivity (Wildman–Crippen MR) is 42.3 cm³/mol. The first-order valence-corrected chi connectivity index (χ1v) is 4.79. The van der Waals surface area contributed by atoms with Crippen molar-refractivity contribution < 1.29 is 8.42 Å². The number of sulfonamides is 1. The van der Waals surface area contributed by atoms with Crippen LogP contribution in [-0.2, 0) is 10.0 Å². The third-order valence-corrected chi connectivity index (χ3v) is 3.42. The summed E-state index contributed by atoms with van der Waals surface area (Å²) in [6.07, 6.45) is 0. The summed E-state index contributed by atoms with van der Waals surface area (Å²) in [5, 5.41) is 0. The molecule has 0 fully saturated rings. The molecule has 4 heteroatoms. The second-order valence-corrected chi connectivity index (χ2v) is 5.63. The molecule has 0 aliphatic carbocycles. The minimum Gasteiger partial charge on any atom is -0.215 e. The fraction of sp³-hybridized carbons (Fsp3) is 1.00. The van der Waals surface area contributed by atoms with E-state index in [-0.39, 0.29) is 0 Å². The molecular weight excluding hydrogens is 150 g/mol. The molecule has 0 atom stereocenters. The lowest BCUT2D eigenvalue weighted by molar-refractivity contribution is 0.547. The number of nitrogens with one attached hydrogen (secondary N) is 1. The Morgan fingerprint density at radius 1 is 1.30 bits per heavy atom. The Morgan fingerprint density at radius 2 is 1.70 bits per heavy atom. The molecular formula is C6H15NO2S. The van der Waals surface area contributed by atoms with Crippen LogP contribution < -0.4 is 4.72 Å². The van der Waals surface area contributed by atoms with Crippen LogP contribution in [0.2, 0.25) is 0 Å². The van der Waals surface area contributed by atoms with Gasteiger partial charge >= 0.3 is 0 Å². The molecule has 0 aromatic carbocycles. The zero-order valence-corrected chi connectivity index (χ0v) is 7.75. The highest BCUT2D eigenvalue weighted by atomic mass is 32.2. The van der Waals surface area contributed by atoms with Gasteiger partial charge in [-0.25, -0.2) is 13.1 Å². The van der Waals surface area contributed by atoms with Crippen molar-refractivity contribution in [1.29, 1.82) is 0 Å². The van der Waals surface area contributed by atoms with Gasteiger partial charge in [0.2, 0.25) is 10.0 Å². The van der Waals surface area contributed by atoms with E-state index in [9.17, 15) is 8.42 Å². The molecule has 10 heavy (non-hydrogen) atoms. The molecule has 62 valence electrons. The summed E-state index contributed by atoms with van der Waals surface area (Å²) in [4.78, 5) is 0. The first kappa shape index (κ1) is 9.91. The van der Waals surface area contributed by atoms with E-state index in [2.05, 4.69) is 4.72 Å². The quantitative estimate of drug-likeness (QED) is 0.655. The lowest BCUT2D eigenvalue weighted by Crippen LogP contribution is -2.39. The molecule has 3 nitrogen and oxygen atoms in total. The summed E-state index contributed by atoms with van der Waals surface area (Å²) in [7, 11) is -3.10. The second kappa shape index (κ2) is 2.88. The number of rotatable bonds is 2. The topological polar surface area (TPSA) is 46.2 Å². The Labute approximate surface area is 62.9 Å². The molecule has 0 saturated heterocycles. The fourth-order valence-electron chi connectivity index (χ4n) is 0.407. The van der Waals surface area contributed by atoms with Gasteiger partial charge in [-0.1, -0.05) is 6.92 Å². The highest BCUT2D eigenvalue weighted by molar-refractivity contribution is 7.90. The van der Waals surface area contributed by atoms with Gasteiger partial charge in [-0.15, -0.1) is 0 Å². The monoisotopic (exact) mass is 165 g/mol. The fourth-order valence-corrected chi connectivity index (χ4v) is 1.22. The highest BCUT2D eigenvalue weighted by Crippen LogP contribution is 2.12. The van der Waals surface area contributed by atoms with E-state index in [4.69, 9.17) is 0 Å². The van der Waals surface area contributed by atoms with Crippen molar-refractivity contribution in [3.8, 4) is 0 Å². The zero-order chi connectivity index (χ0) is 8.41. The summed E-state index contributed by atoms with van der Waals surface area (Å²) in [5.74, 6) is 0. The van der Waals surface area contributed by atoms with Gasteiger partial charge in [0.1, 0.15) is 0 Å². The molecule has 0 radical (unpaired) electrons. The smallest absolute Gasteiger partial charge is 0.215 e. The van der Waals surface area contributed by atoms with Crippen LogP contribution in [-0.4, -0.2) is 19.7 Å². The summed E-state index contributed by atoms with van der Waals surface area (Å²) < 4.78 is 24.0. The summed E-state index contributed by atoms with van der Waals surface area (Å²) in [6.45, 7) is 7.24. The van der Waals surface area contributed by atoms with E-state index < -0.39 is 14.8 Å². The number of hydrogen-bond donors (Lipinski definition) is 1. The van der Waals surface area contributed by atoms with Gasteiger partial charge in [0, 0.05) is 6.54 Å². The Morgan fingerprint density at radius 3 is 1.80 bits per heavy atom. The van der Waals surface area contributed by atoms with E-state index >= 15 is 0 Å². The number of hydrogen-bond acceptors (Lipinski definition) is 2. The third kappa shape index (κ3) is 2.27. The Kier molecular flexibility index (Phi) is 2.86. The SMILES string of the molecule is CCNS(=O)(=O)C(C)(C)C. The summed E-state index contributed by atoms with van der Waals surface area (Å²) in [5.41, 5.74) is 0. The van der Waals surface area contributed by atoms with Gasteiger partial charge in [0.25, 0.3) is 0 Å². The van der Waals surface area contributed by atoms with Gasteiger partial charge in [0.05, 0.1) is 4.75 Å². The Balaban J connectivity index is 4.44. The van der Waals surface area contributed by atoms with Gasteiger partial charge in [0.15, 0.2) is 0 Å². The minimum atomic E-state index is -3.10. The maximum absolute atomic E-state index is 11.1. The molecule has 0 saturated carbocycles. The lowest BCUT2D eigenvalue weighted by Gasteiger charge is -2.18. The predicted octanol–water partition coefficient (Wildman–Crippen LogP) is 0.724. The van der Waals surface area contributed by atoms with E-state index in [1.165, 1.54) is 0 Å². The van der Waals surface area contributed by atoms with Crippen LogP contribution in [0.1, 0.15) is 27.7 Å². The van der Waals surface area contributed by atoms with Gasteiger partial charge < -0.3 is 0 Å². The van der Waals surface area contributed by atoms with Crippen LogP contribution in [0.15, 0.2) is 0 Å². The molecule has 0 bridgehead atoms. The molecule has 1 N–H and O–H groups in total. The maximum atomic E-state index is 11.1. The second-order valence-electron chi connectivity index (χ2n) is 3.11. The van der Waals surface area contributed by atoms with Crippen molar-refractivity contribution in [2.75, 3.05) is 6.54 Å². The Bertz CT molecular complexity index is 188. The summed E-state index contributed by atoms with van der Waals surface area (Å²) in [6, 6.07) is 0. The van der Waals surface area contributed by atoms with Crippen LogP contribution >= 0.6 is 0 Å². The normalized spacial score (nSPS) is 13.6. The van der Waals surface area contributed by atoms with Crippen molar-refractivity contribution in [1.82, 2.24) is 4.72 Å². The van der Waals surface area contributed by atoms with E-state index in [1.54, 1.807) is 27.7 Å². The van der Waals surface area contributed by atoms with E-state index in [0.717, 1.165) is 0 Å². The van der Waals surface area contributed by atoms with Gasteiger partial charge in [-0.05, 0) is 20.8 Å². The average Bonchev–Trinajstić information content (AvgIpc) is 1.61. The molecule has 0 heterocycles. The maximum Gasteiger partial charge on any atom is 0.216 e. The largest absolute Gasteiger partial charge is 0.216 e. The van der Waals surface area contributed by atoms with Crippen LogP contribution in [0.5, 0.6) is 0 Å². The molecule has 0 aromatic rings. The third-order valence-electron chi connectivity index (χ3n) is 1.14. The van der Waals surface area contributed by atoms with Crippen LogP contribution in [0, 0.1) is 0 Å². The molecule has 0 aliphatic heterocycles. The van der Waals surface area contributed by atoms with E-state index in [0.29, 0.717) is 6.54 Å². The molecule has 0 unspecified atom stereocenters. The molecule has 0 aliphatic rings. The first-order chi connectivity index (χ1) is 4.31. The van der Waals surface area contributed by atoms with E-state index in [1.807, 2.05) is 0 Å². The van der Waals surface area contributed by atoms with Crippen LogP contribution in [0.4, 0.5) is 0 Å². The molecule has 0 rings (SSSR count). The Hall–Kier alpha value is -0.0900.